The Hall–Kier alpha value is -1.68. The summed E-state index contributed by atoms with van der Waals surface area (Å²) < 4.78 is 2.10. The molecule has 0 saturated carbocycles. The van der Waals surface area contributed by atoms with Crippen LogP contribution in [-0.4, -0.2) is 21.8 Å². The standard InChI is InChI=1S/C17H26N4/c1-5-15(6-2)21-10-8-14(20-21)12-16(18-4)17-11-13(3)7-9-19-17/h7-11,15-16,18H,5-6,12H2,1-4H3. The molecule has 1 atom stereocenters. The summed E-state index contributed by atoms with van der Waals surface area (Å²) in [7, 11) is 1.98. The second kappa shape index (κ2) is 7.36. The van der Waals surface area contributed by atoms with E-state index in [2.05, 4.69) is 54.1 Å². The van der Waals surface area contributed by atoms with Gasteiger partial charge in [-0.2, -0.15) is 5.10 Å². The molecule has 4 heteroatoms. The van der Waals surface area contributed by atoms with Gasteiger partial charge in [-0.25, -0.2) is 0 Å². The van der Waals surface area contributed by atoms with Crippen molar-refractivity contribution in [1.82, 2.24) is 20.1 Å². The molecular formula is C17H26N4. The molecule has 2 rings (SSSR count). The Kier molecular flexibility index (Phi) is 5.51. The van der Waals surface area contributed by atoms with Crippen molar-refractivity contribution in [3.8, 4) is 0 Å². The lowest BCUT2D eigenvalue weighted by Gasteiger charge is -2.15. The van der Waals surface area contributed by atoms with Gasteiger partial charge in [0, 0.05) is 18.8 Å². The molecule has 2 aromatic heterocycles. The minimum atomic E-state index is 0.204. The highest BCUT2D eigenvalue weighted by molar-refractivity contribution is 5.19. The van der Waals surface area contributed by atoms with Gasteiger partial charge in [-0.3, -0.25) is 9.67 Å². The highest BCUT2D eigenvalue weighted by Gasteiger charge is 2.15. The first-order chi connectivity index (χ1) is 10.2. The topological polar surface area (TPSA) is 42.7 Å². The zero-order chi connectivity index (χ0) is 15.2. The first-order valence-electron chi connectivity index (χ1n) is 7.81. The van der Waals surface area contributed by atoms with E-state index in [9.17, 15) is 0 Å². The molecule has 4 nitrogen and oxygen atoms in total. The van der Waals surface area contributed by atoms with Gasteiger partial charge in [-0.1, -0.05) is 13.8 Å². The Labute approximate surface area is 127 Å². The molecule has 0 amide bonds. The van der Waals surface area contributed by atoms with Crippen LogP contribution in [0.5, 0.6) is 0 Å². The molecule has 1 N–H and O–H groups in total. The van der Waals surface area contributed by atoms with Gasteiger partial charge in [0.05, 0.1) is 23.5 Å². The summed E-state index contributed by atoms with van der Waals surface area (Å²) in [5.41, 5.74) is 3.43. The fourth-order valence-electron chi connectivity index (χ4n) is 2.67. The van der Waals surface area contributed by atoms with Crippen LogP contribution in [0.2, 0.25) is 0 Å². The molecule has 1 unspecified atom stereocenters. The molecule has 2 aromatic rings. The van der Waals surface area contributed by atoms with E-state index in [-0.39, 0.29) is 6.04 Å². The predicted octanol–water partition coefficient (Wildman–Crippen LogP) is 3.45. The van der Waals surface area contributed by atoms with Crippen LogP contribution in [0.15, 0.2) is 30.6 Å². The molecule has 114 valence electrons. The van der Waals surface area contributed by atoms with Crippen molar-refractivity contribution in [3.63, 3.8) is 0 Å². The molecule has 0 aromatic carbocycles. The quantitative estimate of drug-likeness (QED) is 0.847. The van der Waals surface area contributed by atoms with Crippen LogP contribution < -0.4 is 5.32 Å². The molecule has 0 radical (unpaired) electrons. The Morgan fingerprint density at radius 2 is 2.00 bits per heavy atom. The number of pyridine rings is 1. The van der Waals surface area contributed by atoms with Crippen LogP contribution in [0.4, 0.5) is 0 Å². The Morgan fingerprint density at radius 3 is 2.62 bits per heavy atom. The monoisotopic (exact) mass is 286 g/mol. The Bertz CT molecular complexity index is 557. The van der Waals surface area contributed by atoms with Crippen LogP contribution in [-0.2, 0) is 6.42 Å². The number of nitrogens with one attached hydrogen (secondary N) is 1. The van der Waals surface area contributed by atoms with Crippen molar-refractivity contribution in [2.75, 3.05) is 7.05 Å². The van der Waals surface area contributed by atoms with Crippen molar-refractivity contribution in [3.05, 3.63) is 47.5 Å². The van der Waals surface area contributed by atoms with E-state index in [1.54, 1.807) is 0 Å². The number of hydrogen-bond acceptors (Lipinski definition) is 3. The van der Waals surface area contributed by atoms with Crippen LogP contribution in [0.25, 0.3) is 0 Å². The molecule has 0 fully saturated rings. The van der Waals surface area contributed by atoms with Gasteiger partial charge in [0.15, 0.2) is 0 Å². The average molecular weight is 286 g/mol. The molecule has 0 spiro atoms. The SMILES string of the molecule is CCC(CC)n1ccc(CC(NC)c2cc(C)ccn2)n1. The maximum Gasteiger partial charge on any atom is 0.0644 e. The van der Waals surface area contributed by atoms with Crippen molar-refractivity contribution >= 4 is 0 Å². The maximum atomic E-state index is 4.74. The normalized spacial score (nSPS) is 12.8. The molecule has 0 aliphatic heterocycles. The predicted molar refractivity (Wildman–Crippen MR) is 86.3 cm³/mol. The number of rotatable bonds is 7. The van der Waals surface area contributed by atoms with Crippen molar-refractivity contribution in [1.29, 1.82) is 0 Å². The Balaban J connectivity index is 2.12. The molecular weight excluding hydrogens is 260 g/mol. The molecule has 0 aliphatic carbocycles. The Morgan fingerprint density at radius 1 is 1.24 bits per heavy atom. The van der Waals surface area contributed by atoms with Crippen LogP contribution in [0.3, 0.4) is 0 Å². The lowest BCUT2D eigenvalue weighted by atomic mass is 10.1. The molecule has 0 saturated heterocycles. The van der Waals surface area contributed by atoms with E-state index in [1.807, 2.05) is 19.3 Å². The lowest BCUT2D eigenvalue weighted by molar-refractivity contribution is 0.423. The zero-order valence-electron chi connectivity index (χ0n) is 13.5. The molecule has 0 aliphatic rings. The summed E-state index contributed by atoms with van der Waals surface area (Å²) in [6.45, 7) is 6.52. The number of hydrogen-bond donors (Lipinski definition) is 1. The van der Waals surface area contributed by atoms with Gasteiger partial charge in [-0.15, -0.1) is 0 Å². The minimum absolute atomic E-state index is 0.204. The average Bonchev–Trinajstić information content (AvgIpc) is 2.94. The summed E-state index contributed by atoms with van der Waals surface area (Å²) in [5.74, 6) is 0. The number of likely N-dealkylation sites (N-methyl/N-ethyl adjacent to an activating group) is 1. The van der Waals surface area contributed by atoms with Crippen molar-refractivity contribution in [2.24, 2.45) is 0 Å². The van der Waals surface area contributed by atoms with E-state index in [0.717, 1.165) is 30.7 Å². The third-order valence-electron chi connectivity index (χ3n) is 4.04. The smallest absolute Gasteiger partial charge is 0.0644 e. The molecule has 2 heterocycles. The number of aromatic nitrogens is 3. The van der Waals surface area contributed by atoms with Gasteiger partial charge in [0.2, 0.25) is 0 Å². The van der Waals surface area contributed by atoms with E-state index < -0.39 is 0 Å². The molecule has 21 heavy (non-hydrogen) atoms. The maximum absolute atomic E-state index is 4.74. The van der Waals surface area contributed by atoms with Crippen LogP contribution in [0, 0.1) is 6.92 Å². The summed E-state index contributed by atoms with van der Waals surface area (Å²) >= 11 is 0. The first kappa shape index (κ1) is 15.7. The highest BCUT2D eigenvalue weighted by atomic mass is 15.3. The van der Waals surface area contributed by atoms with Gasteiger partial charge >= 0.3 is 0 Å². The summed E-state index contributed by atoms with van der Waals surface area (Å²) in [4.78, 5) is 4.48. The first-order valence-corrected chi connectivity index (χ1v) is 7.81. The van der Waals surface area contributed by atoms with Crippen molar-refractivity contribution < 1.29 is 0 Å². The second-order valence-electron chi connectivity index (χ2n) is 5.56. The summed E-state index contributed by atoms with van der Waals surface area (Å²) in [6, 6.07) is 6.99. The van der Waals surface area contributed by atoms with Gasteiger partial charge in [-0.05, 0) is 50.6 Å². The fourth-order valence-corrected chi connectivity index (χ4v) is 2.67. The van der Waals surface area contributed by atoms with Crippen LogP contribution >= 0.6 is 0 Å². The summed E-state index contributed by atoms with van der Waals surface area (Å²) in [5, 5.41) is 8.09. The number of nitrogens with zero attached hydrogens (tertiary/aromatic N) is 3. The minimum Gasteiger partial charge on any atom is -0.311 e. The number of aryl methyl sites for hydroxylation is 1. The van der Waals surface area contributed by atoms with E-state index in [1.165, 1.54) is 5.56 Å². The highest BCUT2D eigenvalue weighted by Crippen LogP contribution is 2.19. The fraction of sp³-hybridized carbons (Fsp3) is 0.529. The van der Waals surface area contributed by atoms with Gasteiger partial charge < -0.3 is 5.32 Å². The van der Waals surface area contributed by atoms with Gasteiger partial charge in [0.1, 0.15) is 0 Å². The van der Waals surface area contributed by atoms with E-state index in [4.69, 9.17) is 5.10 Å². The lowest BCUT2D eigenvalue weighted by Crippen LogP contribution is -2.20. The van der Waals surface area contributed by atoms with Gasteiger partial charge in [0.25, 0.3) is 0 Å². The summed E-state index contributed by atoms with van der Waals surface area (Å²) in [6.07, 6.45) is 7.07. The van der Waals surface area contributed by atoms with E-state index >= 15 is 0 Å². The third-order valence-corrected chi connectivity index (χ3v) is 4.04. The second-order valence-corrected chi connectivity index (χ2v) is 5.56. The van der Waals surface area contributed by atoms with Crippen LogP contribution in [0.1, 0.15) is 55.7 Å². The molecule has 0 bridgehead atoms. The zero-order valence-corrected chi connectivity index (χ0v) is 13.5. The largest absolute Gasteiger partial charge is 0.311 e. The van der Waals surface area contributed by atoms with Crippen molar-refractivity contribution in [2.45, 2.75) is 52.1 Å². The third kappa shape index (κ3) is 3.91. The van der Waals surface area contributed by atoms with E-state index in [0.29, 0.717) is 6.04 Å².